The van der Waals surface area contributed by atoms with Crippen molar-refractivity contribution in [2.75, 3.05) is 46.6 Å². The Morgan fingerprint density at radius 1 is 1.10 bits per heavy atom. The van der Waals surface area contributed by atoms with E-state index in [4.69, 9.17) is 29.4 Å². The van der Waals surface area contributed by atoms with E-state index < -0.39 is 77.6 Å². The smallest absolute Gasteiger partial charge is 0.410 e. The van der Waals surface area contributed by atoms with Crippen molar-refractivity contribution < 1.29 is 48.3 Å². The van der Waals surface area contributed by atoms with Gasteiger partial charge in [0.15, 0.2) is 17.7 Å². The summed E-state index contributed by atoms with van der Waals surface area (Å²) in [6.45, 7) is 14.0. The zero-order valence-electron chi connectivity index (χ0n) is 37.1. The molecule has 17 nitrogen and oxygen atoms in total. The third-order valence-electron chi connectivity index (χ3n) is 12.9. The van der Waals surface area contributed by atoms with Gasteiger partial charge in [-0.1, -0.05) is 38.1 Å². The normalized spacial score (nSPS) is 36.0. The number of aliphatic hydroxyl groups is 2. The van der Waals surface area contributed by atoms with E-state index in [9.17, 15) is 24.6 Å². The molecule has 0 saturated carbocycles. The van der Waals surface area contributed by atoms with E-state index in [0.717, 1.165) is 11.3 Å². The van der Waals surface area contributed by atoms with E-state index in [1.807, 2.05) is 70.2 Å². The average molecular weight is 844 g/mol. The molecule has 60 heavy (non-hydrogen) atoms. The van der Waals surface area contributed by atoms with Crippen LogP contribution >= 0.6 is 0 Å². The molecule has 0 aliphatic carbocycles. The second kappa shape index (κ2) is 20.0. The summed E-state index contributed by atoms with van der Waals surface area (Å²) in [4.78, 5) is 45.8. The van der Waals surface area contributed by atoms with Crippen LogP contribution in [0.5, 0.6) is 0 Å². The Labute approximate surface area is 354 Å². The van der Waals surface area contributed by atoms with Gasteiger partial charge in [-0.2, -0.15) is 0 Å². The maximum atomic E-state index is 14.4. The second-order valence-electron chi connectivity index (χ2n) is 17.8. The number of nitrogens with one attached hydrogen (secondary N) is 1. The van der Waals surface area contributed by atoms with Crippen LogP contribution in [-0.4, -0.2) is 154 Å². The van der Waals surface area contributed by atoms with Gasteiger partial charge in [-0.25, -0.2) is 4.79 Å². The molecular weight excluding hydrogens is 775 g/mol. The third-order valence-corrected chi connectivity index (χ3v) is 12.9. The third kappa shape index (κ3) is 10.3. The van der Waals surface area contributed by atoms with E-state index in [0.29, 0.717) is 57.4 Å². The van der Waals surface area contributed by atoms with E-state index in [2.05, 4.69) is 22.6 Å². The molecule has 3 saturated heterocycles. The first kappa shape index (κ1) is 47.3. The minimum absolute atomic E-state index is 0.0530. The summed E-state index contributed by atoms with van der Waals surface area (Å²) in [5, 5.41) is 33.8. The average Bonchev–Trinajstić information content (AvgIpc) is 3.80. The number of aryl methyl sites for hydroxylation is 1. The van der Waals surface area contributed by atoms with Crippen molar-refractivity contribution in [1.29, 1.82) is 0 Å². The molecule has 1 aromatic heterocycles. The number of anilines is 1. The SMILES string of the molecule is CC[C@H]1OC(=O)[C@H](C)C(=O)[C@H](C)[C@@H](O[C@@H]2OC(CO)CC(N(C)C)C2O)[C@](C)(OC)C[C@@H](C)CN[C@H](C)[C@H]2N(CCCCn3cc(-c4cccc(N)c4)nn3)C(=O)O[C@]12C. The van der Waals surface area contributed by atoms with Crippen LogP contribution in [0.25, 0.3) is 11.3 Å². The summed E-state index contributed by atoms with van der Waals surface area (Å²) >= 11 is 0. The van der Waals surface area contributed by atoms with Gasteiger partial charge in [0, 0.05) is 49.5 Å². The van der Waals surface area contributed by atoms with Gasteiger partial charge in [0.25, 0.3) is 0 Å². The van der Waals surface area contributed by atoms with E-state index in [1.54, 1.807) is 30.5 Å². The molecule has 3 aliphatic heterocycles. The number of nitrogens with two attached hydrogens (primary N) is 1. The summed E-state index contributed by atoms with van der Waals surface area (Å²) in [5.41, 5.74) is 5.84. The van der Waals surface area contributed by atoms with Gasteiger partial charge in [0.05, 0.1) is 36.7 Å². The number of fused-ring (bicyclic) bond motifs is 1. The van der Waals surface area contributed by atoms with Gasteiger partial charge >= 0.3 is 12.1 Å². The number of cyclic esters (lactones) is 1. The predicted octanol–water partition coefficient (Wildman–Crippen LogP) is 3.26. The van der Waals surface area contributed by atoms with Crippen LogP contribution < -0.4 is 11.1 Å². The molecule has 336 valence electrons. The van der Waals surface area contributed by atoms with Crippen LogP contribution in [0.4, 0.5) is 10.5 Å². The molecule has 3 aliphatic rings. The Kier molecular flexibility index (Phi) is 15.8. The highest BCUT2D eigenvalue weighted by molar-refractivity contribution is 6.00. The number of carbonyl (C=O) groups is 3. The fourth-order valence-corrected chi connectivity index (χ4v) is 9.46. The van der Waals surface area contributed by atoms with Crippen molar-refractivity contribution in [3.63, 3.8) is 0 Å². The number of aliphatic hydroxyl groups excluding tert-OH is 2. The van der Waals surface area contributed by atoms with Gasteiger partial charge in [-0.3, -0.25) is 19.2 Å². The molecule has 17 heteroatoms. The number of unbranched alkanes of at least 4 members (excludes halogenated alkanes) is 1. The van der Waals surface area contributed by atoms with Crippen molar-refractivity contribution in [2.24, 2.45) is 17.8 Å². The van der Waals surface area contributed by atoms with E-state index in [1.165, 1.54) is 6.92 Å². The zero-order chi connectivity index (χ0) is 44.1. The Morgan fingerprint density at radius 2 is 1.82 bits per heavy atom. The van der Waals surface area contributed by atoms with Crippen LogP contribution in [0, 0.1) is 17.8 Å². The Morgan fingerprint density at radius 3 is 2.47 bits per heavy atom. The number of aromatic nitrogens is 3. The molecule has 0 spiro atoms. The zero-order valence-corrected chi connectivity index (χ0v) is 37.1. The summed E-state index contributed by atoms with van der Waals surface area (Å²) in [7, 11) is 5.22. The number of hydrogen-bond acceptors (Lipinski definition) is 15. The molecule has 5 rings (SSSR count). The molecule has 13 atom stereocenters. The molecule has 1 amide bonds. The number of nitrogen functional groups attached to an aromatic ring is 1. The summed E-state index contributed by atoms with van der Waals surface area (Å²) in [5.74, 6) is -3.38. The number of benzene rings is 1. The van der Waals surface area contributed by atoms with Crippen molar-refractivity contribution >= 4 is 23.5 Å². The molecule has 2 aromatic rings. The first-order chi connectivity index (χ1) is 28.4. The lowest BCUT2D eigenvalue weighted by molar-refractivity contribution is -0.300. The molecule has 3 fully saturated rings. The highest BCUT2D eigenvalue weighted by Crippen LogP contribution is 2.40. The Bertz CT molecular complexity index is 1760. The van der Waals surface area contributed by atoms with Gasteiger partial charge in [0.2, 0.25) is 0 Å². The number of carbonyl (C=O) groups excluding carboxylic acids is 3. The number of likely N-dealkylation sites (N-methyl/N-ethyl adjacent to an activating group) is 1. The molecule has 0 radical (unpaired) electrons. The lowest BCUT2D eigenvalue weighted by Crippen LogP contribution is -2.61. The highest BCUT2D eigenvalue weighted by atomic mass is 16.7. The highest BCUT2D eigenvalue weighted by Gasteiger charge is 2.58. The van der Waals surface area contributed by atoms with Crippen LogP contribution in [0.3, 0.4) is 0 Å². The number of esters is 1. The maximum absolute atomic E-state index is 14.4. The van der Waals surface area contributed by atoms with E-state index >= 15 is 0 Å². The summed E-state index contributed by atoms with van der Waals surface area (Å²) in [6, 6.07) is 6.23. The Balaban J connectivity index is 1.38. The van der Waals surface area contributed by atoms with Crippen LogP contribution in [0.15, 0.2) is 30.5 Å². The molecular formula is C43H69N7O10. The predicted molar refractivity (Wildman–Crippen MR) is 223 cm³/mol. The maximum Gasteiger partial charge on any atom is 0.410 e. The topological polar surface area (TPSA) is 213 Å². The molecule has 0 bridgehead atoms. The molecule has 3 unspecified atom stereocenters. The standard InChI is InChI=1S/C43H69N7O10/c1-11-34-43(7)37(50(41(55)60-43)18-13-12-17-49-23-32(46-47-49)29-15-14-16-30(44)19-29)28(5)45-22-25(2)21-42(6,56-10)38(26(3)35(52)27(4)39(54)58-34)59-40-36(53)33(48(8)9)20-31(24-51)57-40/h14-16,19,23,25-28,31,33-34,36-38,40,45,51,53H,11-13,17-18,20-22,24,44H2,1-10H3/t25-,26+,27-,28-,31?,33?,34-,36?,37-,38-,40+,42-,43-/m1/s1. The second-order valence-corrected chi connectivity index (χ2v) is 17.8. The number of hydrogen-bond donors (Lipinski definition) is 4. The summed E-state index contributed by atoms with van der Waals surface area (Å²) < 4.78 is 33.1. The quantitative estimate of drug-likeness (QED) is 0.105. The van der Waals surface area contributed by atoms with E-state index in [-0.39, 0.29) is 24.6 Å². The minimum atomic E-state index is -1.25. The lowest BCUT2D eigenvalue weighted by Gasteiger charge is -2.47. The van der Waals surface area contributed by atoms with Crippen LogP contribution in [-0.2, 0) is 39.8 Å². The van der Waals surface area contributed by atoms with Gasteiger partial charge in [-0.15, -0.1) is 5.10 Å². The Hall–Kier alpha value is -3.71. The number of nitrogens with zero attached hydrogens (tertiary/aromatic N) is 5. The monoisotopic (exact) mass is 844 g/mol. The molecule has 1 aromatic carbocycles. The molecule has 4 heterocycles. The minimum Gasteiger partial charge on any atom is -0.458 e. The van der Waals surface area contributed by atoms with Gasteiger partial charge in [0.1, 0.15) is 23.8 Å². The number of rotatable bonds is 12. The first-order valence-corrected chi connectivity index (χ1v) is 21.4. The van der Waals surface area contributed by atoms with Gasteiger partial charge in [-0.05, 0) is 98.5 Å². The fourth-order valence-electron chi connectivity index (χ4n) is 9.46. The van der Waals surface area contributed by atoms with Crippen molar-refractivity contribution in [3.8, 4) is 11.3 Å². The summed E-state index contributed by atoms with van der Waals surface area (Å²) in [6.07, 6.45) is -0.912. The number of ketones is 1. The lowest BCUT2D eigenvalue weighted by atomic mass is 9.78. The van der Waals surface area contributed by atoms with Crippen LogP contribution in [0.1, 0.15) is 80.6 Å². The number of methoxy groups -OCH3 is 1. The van der Waals surface area contributed by atoms with Crippen molar-refractivity contribution in [2.45, 2.75) is 147 Å². The first-order valence-electron chi connectivity index (χ1n) is 21.4. The van der Waals surface area contributed by atoms with Gasteiger partial charge < -0.3 is 49.8 Å². The van der Waals surface area contributed by atoms with Crippen molar-refractivity contribution in [1.82, 2.24) is 30.1 Å². The fraction of sp³-hybridized carbons (Fsp3) is 0.744. The number of Topliss-reactive ketones (excluding diaryl/α,β-unsaturated/α-hetero) is 1. The van der Waals surface area contributed by atoms with Crippen molar-refractivity contribution in [3.05, 3.63) is 30.5 Å². The largest absolute Gasteiger partial charge is 0.458 e. The molecule has 5 N–H and O–H groups in total. The van der Waals surface area contributed by atoms with Crippen LogP contribution in [0.2, 0.25) is 0 Å². The number of ether oxygens (including phenoxy) is 5. The number of amides is 1.